The van der Waals surface area contributed by atoms with E-state index in [0.717, 1.165) is 0 Å². The molecule has 1 aliphatic heterocycles. The van der Waals surface area contributed by atoms with E-state index in [2.05, 4.69) is 10.3 Å². The van der Waals surface area contributed by atoms with Crippen LogP contribution in [0.15, 0.2) is 39.0 Å². The minimum atomic E-state index is 0.00403. The Hall–Kier alpha value is -1.37. The molecular weight excluding hydrogens is 292 g/mol. The van der Waals surface area contributed by atoms with Crippen molar-refractivity contribution >= 4 is 44.5 Å². The third-order valence-corrected chi connectivity index (χ3v) is 4.72. The lowest BCUT2D eigenvalue weighted by Gasteiger charge is -2.08. The van der Waals surface area contributed by atoms with Gasteiger partial charge in [0.25, 0.3) is 0 Å². The highest BCUT2D eigenvalue weighted by atomic mass is 32.2. The molecule has 1 saturated heterocycles. The van der Waals surface area contributed by atoms with Gasteiger partial charge in [0.05, 0.1) is 10.9 Å². The van der Waals surface area contributed by atoms with Crippen molar-refractivity contribution in [2.24, 2.45) is 0 Å². The lowest BCUT2D eigenvalue weighted by Crippen LogP contribution is -2.24. The largest absolute Gasteiger partial charge is 0.437 e. The number of thioether (sulfide) groups is 1. The topological polar surface area (TPSA) is 55.1 Å². The monoisotopic (exact) mass is 306 g/mol. The molecular formula is C14H14N2O2S2. The first-order chi connectivity index (χ1) is 9.86. The van der Waals surface area contributed by atoms with Crippen molar-refractivity contribution in [3.05, 3.63) is 40.0 Å². The number of hydrogen-bond acceptors (Lipinski definition) is 6. The second-order valence-electron chi connectivity index (χ2n) is 4.28. The van der Waals surface area contributed by atoms with Gasteiger partial charge in [0, 0.05) is 24.6 Å². The Morgan fingerprint density at radius 2 is 2.00 bits per heavy atom. The molecule has 3 heterocycles. The molecule has 0 aliphatic carbocycles. The molecule has 104 valence electrons. The van der Waals surface area contributed by atoms with E-state index in [4.69, 9.17) is 4.42 Å². The highest BCUT2D eigenvalue weighted by Gasteiger charge is 2.08. The van der Waals surface area contributed by atoms with Crippen LogP contribution in [0, 0.1) is 0 Å². The van der Waals surface area contributed by atoms with Crippen LogP contribution in [0.2, 0.25) is 0 Å². The zero-order valence-corrected chi connectivity index (χ0v) is 12.4. The van der Waals surface area contributed by atoms with Crippen LogP contribution >= 0.6 is 23.1 Å². The van der Waals surface area contributed by atoms with Gasteiger partial charge in [0.2, 0.25) is 11.1 Å². The molecule has 20 heavy (non-hydrogen) atoms. The smallest absolute Gasteiger partial charge is 0.241 e. The number of nitrogens with zero attached hydrogens (tertiary/aromatic N) is 1. The van der Waals surface area contributed by atoms with E-state index in [1.54, 1.807) is 17.6 Å². The second kappa shape index (κ2) is 6.39. The Kier molecular flexibility index (Phi) is 4.34. The third-order valence-electron chi connectivity index (χ3n) is 2.93. The van der Waals surface area contributed by atoms with Gasteiger partial charge in [0.1, 0.15) is 10.3 Å². The standard InChI is InChI=1S/C10H5NO2S.C4H9NS/c12-8-6-3-1-2-4-7(6)13-10-9(8)14-5-11-10;1-3-6-4-2-5-1/h1-5H;5H,1-4H2. The number of fused-ring (bicyclic) bond motifs is 2. The molecule has 0 bridgehead atoms. The molecule has 0 atom stereocenters. The van der Waals surface area contributed by atoms with Crippen molar-refractivity contribution in [2.75, 3.05) is 24.6 Å². The molecule has 4 rings (SSSR count). The van der Waals surface area contributed by atoms with Gasteiger partial charge in [-0.1, -0.05) is 12.1 Å². The van der Waals surface area contributed by atoms with Gasteiger partial charge in [-0.3, -0.25) is 4.79 Å². The first kappa shape index (κ1) is 13.6. The summed E-state index contributed by atoms with van der Waals surface area (Å²) in [6.07, 6.45) is 0. The molecule has 0 radical (unpaired) electrons. The minimum absolute atomic E-state index is 0.00403. The minimum Gasteiger partial charge on any atom is -0.437 e. The summed E-state index contributed by atoms with van der Waals surface area (Å²) in [4.78, 5) is 15.8. The fraction of sp³-hybridized carbons (Fsp3) is 0.286. The van der Waals surface area contributed by atoms with Gasteiger partial charge in [-0.25, -0.2) is 4.98 Å². The first-order valence-corrected chi connectivity index (χ1v) is 8.43. The van der Waals surface area contributed by atoms with E-state index in [0.29, 0.717) is 21.4 Å². The summed E-state index contributed by atoms with van der Waals surface area (Å²) in [5.74, 6) is 2.61. The number of hydrogen-bond donors (Lipinski definition) is 1. The summed E-state index contributed by atoms with van der Waals surface area (Å²) < 4.78 is 6.05. The van der Waals surface area contributed by atoms with Gasteiger partial charge < -0.3 is 9.73 Å². The van der Waals surface area contributed by atoms with Crippen LogP contribution in [0.1, 0.15) is 0 Å². The summed E-state index contributed by atoms with van der Waals surface area (Å²) in [5, 5.41) is 3.88. The van der Waals surface area contributed by atoms with Crippen LogP contribution in [-0.2, 0) is 0 Å². The van der Waals surface area contributed by atoms with Crippen LogP contribution in [0.5, 0.6) is 0 Å². The molecule has 6 heteroatoms. The average molecular weight is 306 g/mol. The van der Waals surface area contributed by atoms with Crippen molar-refractivity contribution in [1.29, 1.82) is 0 Å². The Balaban J connectivity index is 0.000000170. The fourth-order valence-corrected chi connectivity index (χ4v) is 3.39. The van der Waals surface area contributed by atoms with Gasteiger partial charge in [0.15, 0.2) is 0 Å². The fourth-order valence-electron chi connectivity index (χ4n) is 1.94. The summed E-state index contributed by atoms with van der Waals surface area (Å²) >= 11 is 3.34. The molecule has 1 N–H and O–H groups in total. The van der Waals surface area contributed by atoms with Gasteiger partial charge in [-0.2, -0.15) is 11.8 Å². The van der Waals surface area contributed by atoms with Crippen molar-refractivity contribution in [2.45, 2.75) is 0 Å². The van der Waals surface area contributed by atoms with Crippen molar-refractivity contribution in [3.63, 3.8) is 0 Å². The number of thiazole rings is 1. The molecule has 1 fully saturated rings. The van der Waals surface area contributed by atoms with E-state index < -0.39 is 0 Å². The highest BCUT2D eigenvalue weighted by molar-refractivity contribution is 7.99. The molecule has 1 aromatic carbocycles. The van der Waals surface area contributed by atoms with Crippen LogP contribution in [0.4, 0.5) is 0 Å². The summed E-state index contributed by atoms with van der Waals surface area (Å²) in [7, 11) is 0. The zero-order valence-electron chi connectivity index (χ0n) is 10.8. The van der Waals surface area contributed by atoms with E-state index >= 15 is 0 Å². The molecule has 0 unspecified atom stereocenters. The number of aromatic nitrogens is 1. The normalized spacial score (nSPS) is 15.0. The molecule has 4 nitrogen and oxygen atoms in total. The average Bonchev–Trinajstić information content (AvgIpc) is 2.99. The van der Waals surface area contributed by atoms with Gasteiger partial charge in [-0.05, 0) is 12.1 Å². The van der Waals surface area contributed by atoms with E-state index in [1.807, 2.05) is 23.9 Å². The maximum atomic E-state index is 11.9. The number of para-hydroxylation sites is 1. The molecule has 0 spiro atoms. The Morgan fingerprint density at radius 3 is 2.70 bits per heavy atom. The van der Waals surface area contributed by atoms with Crippen LogP contribution in [0.25, 0.3) is 21.4 Å². The SMILES string of the molecule is C1CSCCN1.O=c1c2ccccc2oc2ncsc12. The lowest BCUT2D eigenvalue weighted by molar-refractivity contribution is 0.647. The maximum absolute atomic E-state index is 11.9. The highest BCUT2D eigenvalue weighted by Crippen LogP contribution is 2.19. The molecule has 1 aliphatic rings. The summed E-state index contributed by atoms with van der Waals surface area (Å²) in [6, 6.07) is 7.20. The van der Waals surface area contributed by atoms with Crippen molar-refractivity contribution in [1.82, 2.24) is 10.3 Å². The Bertz CT molecular complexity index is 751. The van der Waals surface area contributed by atoms with E-state index in [9.17, 15) is 4.79 Å². The Morgan fingerprint density at radius 1 is 1.20 bits per heavy atom. The van der Waals surface area contributed by atoms with Gasteiger partial charge >= 0.3 is 0 Å². The van der Waals surface area contributed by atoms with Crippen molar-refractivity contribution in [3.8, 4) is 0 Å². The molecule has 0 amide bonds. The van der Waals surface area contributed by atoms with E-state index in [1.165, 1.54) is 35.9 Å². The van der Waals surface area contributed by atoms with Gasteiger partial charge in [-0.15, -0.1) is 11.3 Å². The third kappa shape index (κ3) is 2.87. The predicted octanol–water partition coefficient (Wildman–Crippen LogP) is 2.73. The summed E-state index contributed by atoms with van der Waals surface area (Å²) in [5.41, 5.74) is 2.65. The first-order valence-electron chi connectivity index (χ1n) is 6.40. The quantitative estimate of drug-likeness (QED) is 0.692. The van der Waals surface area contributed by atoms with Crippen LogP contribution in [-0.4, -0.2) is 29.6 Å². The molecule has 3 aromatic rings. The van der Waals surface area contributed by atoms with Crippen LogP contribution in [0.3, 0.4) is 0 Å². The predicted molar refractivity (Wildman–Crippen MR) is 85.9 cm³/mol. The van der Waals surface area contributed by atoms with E-state index in [-0.39, 0.29) is 5.43 Å². The second-order valence-corrected chi connectivity index (χ2v) is 6.36. The number of nitrogens with one attached hydrogen (secondary N) is 1. The zero-order chi connectivity index (χ0) is 13.8. The maximum Gasteiger partial charge on any atom is 0.241 e. The molecule has 2 aromatic heterocycles. The van der Waals surface area contributed by atoms with Crippen LogP contribution < -0.4 is 10.7 Å². The molecule has 0 saturated carbocycles. The number of rotatable bonds is 0. The number of benzene rings is 1. The lowest BCUT2D eigenvalue weighted by atomic mass is 10.2. The Labute approximate surface area is 124 Å². The van der Waals surface area contributed by atoms with Crippen molar-refractivity contribution < 1.29 is 4.42 Å². The summed E-state index contributed by atoms with van der Waals surface area (Å²) in [6.45, 7) is 2.43.